The fourth-order valence-corrected chi connectivity index (χ4v) is 5.21. The van der Waals surface area contributed by atoms with Gasteiger partial charge < -0.3 is 10.4 Å². The fraction of sp³-hybridized carbons (Fsp3) is 0.312. The summed E-state index contributed by atoms with van der Waals surface area (Å²) in [6, 6.07) is 6.31. The van der Waals surface area contributed by atoms with Crippen LogP contribution >= 0.6 is 11.8 Å². The molecule has 1 aromatic carbocycles. The minimum Gasteiger partial charge on any atom is -0.477 e. The van der Waals surface area contributed by atoms with E-state index in [0.29, 0.717) is 0 Å². The molecule has 144 valence electrons. The Morgan fingerprint density at radius 1 is 1.26 bits per heavy atom. The zero-order valence-corrected chi connectivity index (χ0v) is 15.6. The molecule has 11 heteroatoms. The predicted molar refractivity (Wildman–Crippen MR) is 96.1 cm³/mol. The maximum absolute atomic E-state index is 12.5. The number of carbonyl (C=O) groups is 3. The molecule has 1 aromatic rings. The van der Waals surface area contributed by atoms with E-state index >= 15 is 0 Å². The fourth-order valence-electron chi connectivity index (χ4n) is 3.04. The third-order valence-electron chi connectivity index (χ3n) is 4.20. The van der Waals surface area contributed by atoms with Crippen molar-refractivity contribution in [2.24, 2.45) is 0 Å². The lowest BCUT2D eigenvalue weighted by Crippen LogP contribution is -2.71. The number of nitrogens with one attached hydrogen (secondary N) is 1. The monoisotopic (exact) mass is 412 g/mol. The summed E-state index contributed by atoms with van der Waals surface area (Å²) in [7, 11) is -4.78. The number of thioether (sulfide) groups is 1. The van der Waals surface area contributed by atoms with Crippen molar-refractivity contribution in [3.8, 4) is 0 Å². The Labute approximate surface area is 159 Å². The van der Waals surface area contributed by atoms with Crippen LogP contribution in [0.2, 0.25) is 0 Å². The molecule has 27 heavy (non-hydrogen) atoms. The Morgan fingerprint density at radius 2 is 1.89 bits per heavy atom. The first kappa shape index (κ1) is 19.4. The van der Waals surface area contributed by atoms with Crippen molar-refractivity contribution in [2.75, 3.05) is 0 Å². The number of rotatable bonds is 5. The number of hydrogen-bond donors (Lipinski definition) is 3. The molecular weight excluding hydrogens is 396 g/mol. The number of amides is 2. The van der Waals surface area contributed by atoms with Gasteiger partial charge >= 0.3 is 5.97 Å². The number of nitrogens with zero attached hydrogens (tertiary/aromatic N) is 1. The minimum atomic E-state index is -4.78. The molecule has 0 bridgehead atoms. The van der Waals surface area contributed by atoms with Crippen LogP contribution in [0.15, 0.2) is 42.1 Å². The average molecular weight is 412 g/mol. The van der Waals surface area contributed by atoms with Gasteiger partial charge in [-0.2, -0.15) is 8.42 Å². The SMILES string of the molecule is CC1C=C(C(=O)O)N2C(=O)C(NC(=O)C(c3ccccc3)S(=O)(=O)O)[C@H]2S1. The van der Waals surface area contributed by atoms with Crippen LogP contribution in [0.3, 0.4) is 0 Å². The highest BCUT2D eigenvalue weighted by molar-refractivity contribution is 8.00. The van der Waals surface area contributed by atoms with Gasteiger partial charge in [0.05, 0.1) is 0 Å². The molecule has 4 atom stereocenters. The number of fused-ring (bicyclic) bond motifs is 1. The van der Waals surface area contributed by atoms with Crippen LogP contribution in [0.4, 0.5) is 0 Å². The molecule has 0 aromatic heterocycles. The second kappa shape index (κ2) is 6.98. The number of aliphatic carboxylic acids is 1. The topological polar surface area (TPSA) is 141 Å². The van der Waals surface area contributed by atoms with Gasteiger partial charge in [0, 0.05) is 5.25 Å². The lowest BCUT2D eigenvalue weighted by Gasteiger charge is -2.49. The molecule has 2 aliphatic heterocycles. The molecule has 9 nitrogen and oxygen atoms in total. The van der Waals surface area contributed by atoms with E-state index in [1.807, 2.05) is 0 Å². The van der Waals surface area contributed by atoms with Crippen molar-refractivity contribution >= 4 is 39.7 Å². The molecule has 0 saturated carbocycles. The maximum atomic E-state index is 12.5. The van der Waals surface area contributed by atoms with Gasteiger partial charge in [0.25, 0.3) is 16.0 Å². The first-order valence-corrected chi connectivity index (χ1v) is 10.3. The van der Waals surface area contributed by atoms with Gasteiger partial charge in [0.2, 0.25) is 5.91 Å². The maximum Gasteiger partial charge on any atom is 0.352 e. The number of benzene rings is 1. The van der Waals surface area contributed by atoms with E-state index in [4.69, 9.17) is 0 Å². The van der Waals surface area contributed by atoms with E-state index in [1.165, 1.54) is 42.1 Å². The third-order valence-corrected chi connectivity index (χ3v) is 6.61. The summed E-state index contributed by atoms with van der Waals surface area (Å²) in [6.45, 7) is 1.75. The van der Waals surface area contributed by atoms with E-state index in [9.17, 15) is 32.5 Å². The standard InChI is InChI=1S/C16H16N2O7S2/c1-8-7-10(16(21)22)18-14(20)11(15(18)26-8)17-13(19)12(27(23,24)25)9-5-3-2-4-6-9/h2-8,11-12,15H,1H3,(H,17,19)(H,21,22)(H,23,24,25)/t8?,11?,12?,15-/m1/s1. The van der Waals surface area contributed by atoms with Crippen molar-refractivity contribution in [3.63, 3.8) is 0 Å². The Bertz CT molecular complexity index is 929. The number of β-lactam (4-membered cyclic amide) rings is 1. The molecule has 0 aliphatic carbocycles. The summed E-state index contributed by atoms with van der Waals surface area (Å²) in [4.78, 5) is 37.3. The van der Waals surface area contributed by atoms with Gasteiger partial charge in [0.1, 0.15) is 17.1 Å². The predicted octanol–water partition coefficient (Wildman–Crippen LogP) is 0.372. The minimum absolute atomic E-state index is 0.0527. The molecule has 1 saturated heterocycles. The number of carboxylic acid groups (broad SMARTS) is 1. The van der Waals surface area contributed by atoms with Crippen LogP contribution in [0, 0.1) is 0 Å². The summed E-state index contributed by atoms with van der Waals surface area (Å²) < 4.78 is 32.9. The highest BCUT2D eigenvalue weighted by atomic mass is 32.2. The van der Waals surface area contributed by atoms with Crippen molar-refractivity contribution < 1.29 is 32.5 Å². The van der Waals surface area contributed by atoms with Crippen LogP contribution in [-0.4, -0.2) is 57.4 Å². The average Bonchev–Trinajstić information content (AvgIpc) is 2.58. The molecule has 3 N–H and O–H groups in total. The molecule has 2 aliphatic rings. The lowest BCUT2D eigenvalue weighted by molar-refractivity contribution is -0.150. The molecule has 2 heterocycles. The molecular formula is C16H16N2O7S2. The smallest absolute Gasteiger partial charge is 0.352 e. The summed E-state index contributed by atoms with van der Waals surface area (Å²) >= 11 is 1.26. The van der Waals surface area contributed by atoms with Crippen LogP contribution in [-0.2, 0) is 24.5 Å². The zero-order valence-electron chi connectivity index (χ0n) is 14.0. The Balaban J connectivity index is 1.83. The van der Waals surface area contributed by atoms with Crippen molar-refractivity contribution in [1.82, 2.24) is 10.2 Å². The summed E-state index contributed by atoms with van der Waals surface area (Å²) in [5, 5.41) is 8.82. The Morgan fingerprint density at radius 3 is 2.44 bits per heavy atom. The lowest BCUT2D eigenvalue weighted by atomic mass is 10.0. The van der Waals surface area contributed by atoms with Crippen LogP contribution in [0.25, 0.3) is 0 Å². The van der Waals surface area contributed by atoms with Gasteiger partial charge in [-0.1, -0.05) is 30.3 Å². The van der Waals surface area contributed by atoms with Gasteiger partial charge in [-0.3, -0.25) is 19.0 Å². The summed E-state index contributed by atoms with van der Waals surface area (Å²) in [5.74, 6) is -2.96. The van der Waals surface area contributed by atoms with E-state index in [1.54, 1.807) is 13.0 Å². The number of carbonyl (C=O) groups excluding carboxylic acids is 2. The van der Waals surface area contributed by atoms with Crippen LogP contribution in [0.5, 0.6) is 0 Å². The normalized spacial score (nSPS) is 25.7. The Kier molecular flexibility index (Phi) is 5.02. The molecule has 2 amide bonds. The second-order valence-electron chi connectivity index (χ2n) is 6.09. The highest BCUT2D eigenvalue weighted by Gasteiger charge is 2.54. The van der Waals surface area contributed by atoms with Crippen molar-refractivity contribution in [1.29, 1.82) is 0 Å². The molecule has 3 rings (SSSR count). The molecule has 3 unspecified atom stereocenters. The van der Waals surface area contributed by atoms with Gasteiger partial charge in [0.15, 0.2) is 5.25 Å². The van der Waals surface area contributed by atoms with E-state index in [0.717, 1.165) is 4.90 Å². The van der Waals surface area contributed by atoms with E-state index < -0.39 is 44.6 Å². The van der Waals surface area contributed by atoms with Gasteiger partial charge in [-0.15, -0.1) is 11.8 Å². The quantitative estimate of drug-likeness (QED) is 0.465. The third kappa shape index (κ3) is 3.57. The number of hydrogen-bond acceptors (Lipinski definition) is 6. The summed E-state index contributed by atoms with van der Waals surface area (Å²) in [6.07, 6.45) is 1.43. The largest absolute Gasteiger partial charge is 0.477 e. The second-order valence-corrected chi connectivity index (χ2v) is 9.09. The molecule has 1 fully saturated rings. The first-order chi connectivity index (χ1) is 12.6. The molecule has 0 spiro atoms. The van der Waals surface area contributed by atoms with E-state index in [2.05, 4.69) is 5.32 Å². The van der Waals surface area contributed by atoms with Crippen LogP contribution < -0.4 is 5.32 Å². The summed E-state index contributed by atoms with van der Waals surface area (Å²) in [5.41, 5.74) is -0.118. The van der Waals surface area contributed by atoms with Crippen LogP contribution in [0.1, 0.15) is 17.7 Å². The first-order valence-electron chi connectivity index (χ1n) is 7.86. The van der Waals surface area contributed by atoms with Crippen molar-refractivity contribution in [3.05, 3.63) is 47.7 Å². The van der Waals surface area contributed by atoms with Gasteiger partial charge in [-0.05, 0) is 18.6 Å². The van der Waals surface area contributed by atoms with Crippen molar-refractivity contribution in [2.45, 2.75) is 28.8 Å². The van der Waals surface area contributed by atoms with E-state index in [-0.39, 0.29) is 16.5 Å². The molecule has 0 radical (unpaired) electrons. The highest BCUT2D eigenvalue weighted by Crippen LogP contribution is 2.41. The zero-order chi connectivity index (χ0) is 19.9. The Hall–Kier alpha value is -2.37. The van der Waals surface area contributed by atoms with Gasteiger partial charge in [-0.25, -0.2) is 4.79 Å². The number of carboxylic acids is 1.